The number of benzene rings is 2. The lowest BCUT2D eigenvalue weighted by atomic mass is 10.1. The summed E-state index contributed by atoms with van der Waals surface area (Å²) in [4.78, 5) is 12.3. The number of hydrogen-bond donors (Lipinski definition) is 1. The number of rotatable bonds is 8. The molecule has 0 saturated heterocycles. The number of amides is 1. The van der Waals surface area contributed by atoms with Gasteiger partial charge in [-0.05, 0) is 47.9 Å². The summed E-state index contributed by atoms with van der Waals surface area (Å²) >= 11 is 0. The third-order valence-corrected chi connectivity index (χ3v) is 3.95. The summed E-state index contributed by atoms with van der Waals surface area (Å²) in [5.74, 6) is 0.667. The fourth-order valence-corrected chi connectivity index (χ4v) is 2.59. The third-order valence-electron chi connectivity index (χ3n) is 3.95. The summed E-state index contributed by atoms with van der Waals surface area (Å²) in [6.07, 6.45) is 7.93. The summed E-state index contributed by atoms with van der Waals surface area (Å²) in [6, 6.07) is 17.3. The van der Waals surface area contributed by atoms with Gasteiger partial charge in [0.1, 0.15) is 5.75 Å². The number of carbonyl (C=O) groups excluding carboxylic acids is 1. The summed E-state index contributed by atoms with van der Waals surface area (Å²) in [5.41, 5.74) is 2.73. The van der Waals surface area contributed by atoms with Crippen LogP contribution in [0.2, 0.25) is 0 Å². The fraction of sp³-hybridized carbons (Fsp3) is 0.182. The average molecular weight is 361 g/mol. The molecule has 27 heavy (non-hydrogen) atoms. The van der Waals surface area contributed by atoms with Crippen LogP contribution in [0.1, 0.15) is 24.5 Å². The first-order chi connectivity index (χ1) is 13.2. The summed E-state index contributed by atoms with van der Waals surface area (Å²) in [6.45, 7) is 3.38. The van der Waals surface area contributed by atoms with Gasteiger partial charge in [-0.2, -0.15) is 5.10 Å². The van der Waals surface area contributed by atoms with E-state index in [-0.39, 0.29) is 5.91 Å². The van der Waals surface area contributed by atoms with Crippen LogP contribution in [-0.2, 0) is 11.3 Å². The van der Waals surface area contributed by atoms with Crippen LogP contribution in [0.3, 0.4) is 0 Å². The number of ether oxygens (including phenoxy) is 1. The molecule has 0 aliphatic heterocycles. The maximum absolute atomic E-state index is 12.3. The molecule has 3 rings (SSSR count). The summed E-state index contributed by atoms with van der Waals surface area (Å²) < 4.78 is 7.38. The Hall–Kier alpha value is -3.34. The zero-order chi connectivity index (χ0) is 18.9. The lowest BCUT2D eigenvalue weighted by Gasteiger charge is -2.10. The van der Waals surface area contributed by atoms with E-state index in [2.05, 4.69) is 17.3 Å². The molecule has 3 aromatic rings. The van der Waals surface area contributed by atoms with E-state index in [9.17, 15) is 4.79 Å². The van der Waals surface area contributed by atoms with Gasteiger partial charge in [-0.15, -0.1) is 0 Å². The molecule has 138 valence electrons. The molecule has 0 spiro atoms. The van der Waals surface area contributed by atoms with Gasteiger partial charge in [0, 0.05) is 24.2 Å². The Morgan fingerprint density at radius 2 is 1.96 bits per heavy atom. The standard InChI is InChI=1S/C22H23N3O2/c1-2-16-27-20-11-8-18(9-12-20)10-13-22(26)24-21-7-4-3-6-19(21)17-25-15-5-14-23-25/h3-15H,2,16-17H2,1H3,(H,24,26)/b13-10+. The van der Waals surface area contributed by atoms with Crippen molar-refractivity contribution in [1.82, 2.24) is 9.78 Å². The molecule has 0 radical (unpaired) electrons. The molecule has 1 aromatic heterocycles. The number of anilines is 1. The van der Waals surface area contributed by atoms with Crippen LogP contribution in [0.5, 0.6) is 5.75 Å². The molecular weight excluding hydrogens is 338 g/mol. The minimum Gasteiger partial charge on any atom is -0.494 e. The fourth-order valence-electron chi connectivity index (χ4n) is 2.59. The molecule has 2 aromatic carbocycles. The predicted molar refractivity (Wildman–Crippen MR) is 108 cm³/mol. The second-order valence-corrected chi connectivity index (χ2v) is 6.10. The van der Waals surface area contributed by atoms with Crippen molar-refractivity contribution in [3.8, 4) is 5.75 Å². The van der Waals surface area contributed by atoms with Crippen LogP contribution >= 0.6 is 0 Å². The van der Waals surface area contributed by atoms with Gasteiger partial charge >= 0.3 is 0 Å². The van der Waals surface area contributed by atoms with E-state index in [0.717, 1.165) is 29.0 Å². The van der Waals surface area contributed by atoms with Crippen molar-refractivity contribution < 1.29 is 9.53 Å². The highest BCUT2D eigenvalue weighted by molar-refractivity contribution is 6.02. The Morgan fingerprint density at radius 3 is 2.70 bits per heavy atom. The first-order valence-electron chi connectivity index (χ1n) is 9.02. The van der Waals surface area contributed by atoms with E-state index >= 15 is 0 Å². The minimum absolute atomic E-state index is 0.172. The van der Waals surface area contributed by atoms with Gasteiger partial charge in [-0.25, -0.2) is 0 Å². The molecule has 0 aliphatic rings. The van der Waals surface area contributed by atoms with E-state index in [1.807, 2.05) is 65.5 Å². The van der Waals surface area contributed by atoms with E-state index in [4.69, 9.17) is 4.74 Å². The first-order valence-corrected chi connectivity index (χ1v) is 9.02. The number of para-hydroxylation sites is 1. The molecule has 5 nitrogen and oxygen atoms in total. The van der Waals surface area contributed by atoms with Crippen molar-refractivity contribution in [3.05, 3.63) is 84.2 Å². The normalized spacial score (nSPS) is 10.9. The zero-order valence-electron chi connectivity index (χ0n) is 15.3. The second kappa shape index (κ2) is 9.38. The van der Waals surface area contributed by atoms with Crippen molar-refractivity contribution in [1.29, 1.82) is 0 Å². The Bertz CT molecular complexity index is 884. The van der Waals surface area contributed by atoms with E-state index in [1.165, 1.54) is 6.08 Å². The molecule has 0 saturated carbocycles. The lowest BCUT2D eigenvalue weighted by Crippen LogP contribution is -2.11. The molecule has 1 amide bonds. The Kier molecular flexibility index (Phi) is 6.41. The van der Waals surface area contributed by atoms with Gasteiger partial charge < -0.3 is 10.1 Å². The lowest BCUT2D eigenvalue weighted by molar-refractivity contribution is -0.111. The second-order valence-electron chi connectivity index (χ2n) is 6.10. The molecule has 5 heteroatoms. The van der Waals surface area contributed by atoms with Gasteiger partial charge in [0.05, 0.1) is 13.2 Å². The van der Waals surface area contributed by atoms with Crippen LogP contribution in [0.25, 0.3) is 6.08 Å². The van der Waals surface area contributed by atoms with Gasteiger partial charge in [0.25, 0.3) is 0 Å². The average Bonchev–Trinajstić information content (AvgIpc) is 3.20. The van der Waals surface area contributed by atoms with Gasteiger partial charge in [-0.3, -0.25) is 9.48 Å². The largest absolute Gasteiger partial charge is 0.494 e. The van der Waals surface area contributed by atoms with Crippen molar-refractivity contribution in [2.45, 2.75) is 19.9 Å². The SMILES string of the molecule is CCCOc1ccc(/C=C/C(=O)Nc2ccccc2Cn2cccn2)cc1. The minimum atomic E-state index is -0.172. The van der Waals surface area contributed by atoms with Gasteiger partial charge in [0.15, 0.2) is 0 Å². The van der Waals surface area contributed by atoms with Crippen molar-refractivity contribution in [2.75, 3.05) is 11.9 Å². The smallest absolute Gasteiger partial charge is 0.248 e. The number of carbonyl (C=O) groups is 1. The number of aromatic nitrogens is 2. The maximum atomic E-state index is 12.3. The van der Waals surface area contributed by atoms with Crippen molar-refractivity contribution in [2.24, 2.45) is 0 Å². The monoisotopic (exact) mass is 361 g/mol. The number of hydrogen-bond acceptors (Lipinski definition) is 3. The highest BCUT2D eigenvalue weighted by Gasteiger charge is 2.05. The Labute approximate surface area is 159 Å². The van der Waals surface area contributed by atoms with E-state index in [1.54, 1.807) is 12.3 Å². The Balaban J connectivity index is 1.61. The quantitative estimate of drug-likeness (QED) is 0.606. The van der Waals surface area contributed by atoms with Crippen LogP contribution in [-0.4, -0.2) is 22.3 Å². The highest BCUT2D eigenvalue weighted by atomic mass is 16.5. The predicted octanol–water partition coefficient (Wildman–Crippen LogP) is 4.37. The number of nitrogens with one attached hydrogen (secondary N) is 1. The van der Waals surface area contributed by atoms with Crippen LogP contribution in [0.4, 0.5) is 5.69 Å². The molecule has 0 bridgehead atoms. The van der Waals surface area contributed by atoms with E-state index in [0.29, 0.717) is 13.2 Å². The van der Waals surface area contributed by atoms with Crippen LogP contribution < -0.4 is 10.1 Å². The Morgan fingerprint density at radius 1 is 1.15 bits per heavy atom. The molecule has 0 unspecified atom stereocenters. The number of nitrogens with zero attached hydrogens (tertiary/aromatic N) is 2. The van der Waals surface area contributed by atoms with Crippen molar-refractivity contribution >= 4 is 17.7 Å². The third kappa shape index (κ3) is 5.57. The van der Waals surface area contributed by atoms with Crippen molar-refractivity contribution in [3.63, 3.8) is 0 Å². The van der Waals surface area contributed by atoms with Gasteiger partial charge in [0.2, 0.25) is 5.91 Å². The van der Waals surface area contributed by atoms with Crippen LogP contribution in [0.15, 0.2) is 73.1 Å². The van der Waals surface area contributed by atoms with Crippen LogP contribution in [0, 0.1) is 0 Å². The molecule has 1 heterocycles. The molecular formula is C22H23N3O2. The topological polar surface area (TPSA) is 56.1 Å². The maximum Gasteiger partial charge on any atom is 0.248 e. The summed E-state index contributed by atoms with van der Waals surface area (Å²) in [7, 11) is 0. The molecule has 1 N–H and O–H groups in total. The molecule has 0 aliphatic carbocycles. The zero-order valence-corrected chi connectivity index (χ0v) is 15.3. The molecule has 0 fully saturated rings. The van der Waals surface area contributed by atoms with Gasteiger partial charge in [-0.1, -0.05) is 37.3 Å². The highest BCUT2D eigenvalue weighted by Crippen LogP contribution is 2.17. The molecule has 0 atom stereocenters. The first kappa shape index (κ1) is 18.5. The van der Waals surface area contributed by atoms with E-state index < -0.39 is 0 Å². The summed E-state index contributed by atoms with van der Waals surface area (Å²) in [5, 5.41) is 7.15.